The molecule has 3 rings (SSSR count). The van der Waals surface area contributed by atoms with Gasteiger partial charge in [0.2, 0.25) is 5.69 Å². The first kappa shape index (κ1) is 24.0. The second-order valence-electron chi connectivity index (χ2n) is 7.01. The molecule has 0 amide bonds. The molecule has 3 aromatic rings. The molecule has 0 unspecified atom stereocenters. The summed E-state index contributed by atoms with van der Waals surface area (Å²) in [5.74, 6) is -0.681. The number of hydrogen-bond acceptors (Lipinski definition) is 5. The van der Waals surface area contributed by atoms with Crippen molar-refractivity contribution in [2.75, 3.05) is 13.7 Å². The quantitative estimate of drug-likeness (QED) is 0.395. The van der Waals surface area contributed by atoms with Gasteiger partial charge >= 0.3 is 5.97 Å². The number of aromatic nitrogens is 3. The van der Waals surface area contributed by atoms with Crippen molar-refractivity contribution >= 4 is 34.9 Å². The minimum Gasteiger partial charge on any atom is -0.462 e. The van der Waals surface area contributed by atoms with Crippen LogP contribution in [0.1, 0.15) is 35.6 Å². The first-order valence-corrected chi connectivity index (χ1v) is 10.9. The van der Waals surface area contributed by atoms with E-state index in [2.05, 4.69) is 5.10 Å². The first-order valence-electron chi connectivity index (χ1n) is 10.1. The maximum atomic E-state index is 13.1. The molecule has 0 radical (unpaired) electrons. The molecular formula is C22H25Cl2N4O4+. The van der Waals surface area contributed by atoms with Crippen LogP contribution >= 0.6 is 23.2 Å². The summed E-state index contributed by atoms with van der Waals surface area (Å²) < 4.78 is 8.85. The van der Waals surface area contributed by atoms with Crippen molar-refractivity contribution < 1.29 is 19.8 Å². The van der Waals surface area contributed by atoms with Crippen LogP contribution in [0.4, 0.5) is 5.69 Å². The van der Waals surface area contributed by atoms with Crippen molar-refractivity contribution in [2.24, 2.45) is 0 Å². The Morgan fingerprint density at radius 2 is 1.94 bits per heavy atom. The van der Waals surface area contributed by atoms with Gasteiger partial charge in [0.05, 0.1) is 41.7 Å². The highest BCUT2D eigenvalue weighted by atomic mass is 35.5. The maximum absolute atomic E-state index is 13.1. The van der Waals surface area contributed by atoms with E-state index >= 15 is 0 Å². The fourth-order valence-corrected chi connectivity index (χ4v) is 3.85. The molecule has 10 heteroatoms. The van der Waals surface area contributed by atoms with Crippen molar-refractivity contribution in [1.29, 1.82) is 0 Å². The monoisotopic (exact) mass is 479 g/mol. The molecule has 1 aromatic carbocycles. The topological polar surface area (TPSA) is 92.0 Å². The third-order valence-corrected chi connectivity index (χ3v) is 5.82. The first-order chi connectivity index (χ1) is 15.3. The summed E-state index contributed by atoms with van der Waals surface area (Å²) in [4.78, 5) is 31.0. The number of carbonyl (C=O) groups is 1. The number of halogens is 2. The minimum atomic E-state index is -0.681. The van der Waals surface area contributed by atoms with Gasteiger partial charge in [0.25, 0.3) is 0 Å². The number of benzene rings is 1. The average Bonchev–Trinajstić information content (AvgIpc) is 3.09. The van der Waals surface area contributed by atoms with Crippen LogP contribution in [0.3, 0.4) is 0 Å². The number of hydrogen-bond donors (Lipinski definition) is 1. The van der Waals surface area contributed by atoms with Crippen LogP contribution in [-0.2, 0) is 22.7 Å². The van der Waals surface area contributed by atoms with Crippen LogP contribution in [0.2, 0.25) is 10.0 Å². The van der Waals surface area contributed by atoms with E-state index in [4.69, 9.17) is 32.8 Å². The Kier molecular flexibility index (Phi) is 7.73. The van der Waals surface area contributed by atoms with Gasteiger partial charge in [-0.1, -0.05) is 29.3 Å². The van der Waals surface area contributed by atoms with E-state index in [1.54, 1.807) is 48.6 Å². The minimum absolute atomic E-state index is 0.0403. The maximum Gasteiger partial charge on any atom is 0.344 e. The lowest BCUT2D eigenvalue weighted by Crippen LogP contribution is -2.76. The zero-order valence-electron chi connectivity index (χ0n) is 18.3. The van der Waals surface area contributed by atoms with Crippen LogP contribution in [-0.4, -0.2) is 34.0 Å². The van der Waals surface area contributed by atoms with Crippen molar-refractivity contribution in [3.8, 4) is 11.3 Å². The van der Waals surface area contributed by atoms with Gasteiger partial charge in [-0.25, -0.2) is 9.63 Å². The Morgan fingerprint density at radius 3 is 2.56 bits per heavy atom. The molecule has 2 N–H and O–H groups in total. The third-order valence-electron chi connectivity index (χ3n) is 5.08. The standard InChI is InChI=1S/C22H24Cl2N4O4/c1-5-27-15(12-28-13(3)18(11-25-28)26-31-4)10-19(29)20(22(30)32-6-2)21(27)14-7-8-16(23)17(24)9-14/h7-11,26H,5-6,12H2,1-4H3/p+1. The summed E-state index contributed by atoms with van der Waals surface area (Å²) in [6, 6.07) is 6.46. The molecule has 0 bridgehead atoms. The van der Waals surface area contributed by atoms with Crippen LogP contribution in [0, 0.1) is 6.92 Å². The summed E-state index contributed by atoms with van der Waals surface area (Å²) in [5, 5.41) is 5.11. The normalized spacial score (nSPS) is 11.1. The van der Waals surface area contributed by atoms with Gasteiger partial charge < -0.3 is 9.30 Å². The molecular weight excluding hydrogens is 455 g/mol. The van der Waals surface area contributed by atoms with Crippen molar-refractivity contribution in [3.63, 3.8) is 0 Å². The van der Waals surface area contributed by atoms with Gasteiger partial charge in [0, 0.05) is 23.9 Å². The molecule has 170 valence electrons. The smallest absolute Gasteiger partial charge is 0.344 e. The molecule has 2 aromatic heterocycles. The summed E-state index contributed by atoms with van der Waals surface area (Å²) in [7, 11) is 1.57. The molecule has 0 saturated carbocycles. The number of esters is 1. The molecule has 0 atom stereocenters. The lowest BCUT2D eigenvalue weighted by atomic mass is 10.0. The number of carbonyl (C=O) groups excluding carboxylic acids is 1. The average molecular weight is 480 g/mol. The van der Waals surface area contributed by atoms with E-state index in [1.807, 2.05) is 18.4 Å². The predicted octanol–water partition coefficient (Wildman–Crippen LogP) is 3.33. The SMILES string of the molecule is CCOC(=O)c1c(-c2ccc(Cl)c(Cl)c2)n(CC)c(Cn2ncc([NH2+]OC)c2C)cc1=O. The number of quaternary nitrogens is 1. The Labute approximate surface area is 195 Å². The Balaban J connectivity index is 2.24. The molecule has 8 nitrogen and oxygen atoms in total. The fourth-order valence-electron chi connectivity index (χ4n) is 3.55. The molecule has 0 aliphatic carbocycles. The van der Waals surface area contributed by atoms with E-state index in [-0.39, 0.29) is 12.2 Å². The van der Waals surface area contributed by atoms with E-state index in [0.717, 1.165) is 11.4 Å². The van der Waals surface area contributed by atoms with Crippen LogP contribution < -0.4 is 10.9 Å². The predicted molar refractivity (Wildman–Crippen MR) is 122 cm³/mol. The van der Waals surface area contributed by atoms with Gasteiger partial charge in [-0.2, -0.15) is 10.6 Å². The van der Waals surface area contributed by atoms with Crippen molar-refractivity contribution in [2.45, 2.75) is 33.9 Å². The van der Waals surface area contributed by atoms with Gasteiger partial charge in [0.1, 0.15) is 11.8 Å². The molecule has 32 heavy (non-hydrogen) atoms. The van der Waals surface area contributed by atoms with E-state index < -0.39 is 11.4 Å². The largest absolute Gasteiger partial charge is 0.462 e. The zero-order chi connectivity index (χ0) is 23.4. The second kappa shape index (κ2) is 10.3. The fraction of sp³-hybridized carbons (Fsp3) is 0.318. The number of pyridine rings is 1. The lowest BCUT2D eigenvalue weighted by molar-refractivity contribution is -0.830. The van der Waals surface area contributed by atoms with E-state index in [0.29, 0.717) is 40.1 Å². The van der Waals surface area contributed by atoms with Gasteiger partial charge in [-0.3, -0.25) is 9.48 Å². The highest BCUT2D eigenvalue weighted by Crippen LogP contribution is 2.31. The van der Waals surface area contributed by atoms with Crippen LogP contribution in [0.25, 0.3) is 11.3 Å². The van der Waals surface area contributed by atoms with Crippen LogP contribution in [0.5, 0.6) is 0 Å². The molecule has 2 heterocycles. The summed E-state index contributed by atoms with van der Waals surface area (Å²) >= 11 is 12.3. The number of nitrogens with two attached hydrogens (primary N) is 1. The van der Waals surface area contributed by atoms with E-state index in [9.17, 15) is 9.59 Å². The van der Waals surface area contributed by atoms with Crippen molar-refractivity contribution in [3.05, 3.63) is 67.7 Å². The molecule has 0 aliphatic rings. The van der Waals surface area contributed by atoms with Gasteiger partial charge in [0.15, 0.2) is 5.43 Å². The zero-order valence-corrected chi connectivity index (χ0v) is 19.8. The molecule has 0 aliphatic heterocycles. The van der Waals surface area contributed by atoms with Crippen LogP contribution in [0.15, 0.2) is 35.3 Å². The number of rotatable bonds is 8. The Morgan fingerprint density at radius 1 is 1.19 bits per heavy atom. The molecule has 0 spiro atoms. The van der Waals surface area contributed by atoms with Crippen molar-refractivity contribution in [1.82, 2.24) is 14.3 Å². The lowest BCUT2D eigenvalue weighted by Gasteiger charge is -2.21. The third kappa shape index (κ3) is 4.73. The molecule has 0 fully saturated rings. The molecule has 0 saturated heterocycles. The highest BCUT2D eigenvalue weighted by molar-refractivity contribution is 6.42. The van der Waals surface area contributed by atoms with E-state index in [1.165, 1.54) is 6.07 Å². The summed E-state index contributed by atoms with van der Waals surface area (Å²) in [5.41, 5.74) is 4.56. The Hall–Kier alpha value is -2.65. The summed E-state index contributed by atoms with van der Waals surface area (Å²) in [6.45, 7) is 6.51. The highest BCUT2D eigenvalue weighted by Gasteiger charge is 2.24. The summed E-state index contributed by atoms with van der Waals surface area (Å²) in [6.07, 6.45) is 1.69. The number of ether oxygens (including phenoxy) is 1. The van der Waals surface area contributed by atoms with Gasteiger partial charge in [-0.15, -0.1) is 0 Å². The van der Waals surface area contributed by atoms with Gasteiger partial charge in [-0.05, 0) is 32.9 Å². The Bertz CT molecular complexity index is 1200. The number of nitrogens with zero attached hydrogens (tertiary/aromatic N) is 3. The second-order valence-corrected chi connectivity index (χ2v) is 7.83.